The first-order valence-electron chi connectivity index (χ1n) is 8.04. The van der Waals surface area contributed by atoms with Gasteiger partial charge in [-0.05, 0) is 37.0 Å². The van der Waals surface area contributed by atoms with Crippen molar-refractivity contribution in [1.82, 2.24) is 9.80 Å². The van der Waals surface area contributed by atoms with E-state index in [0.717, 1.165) is 51.3 Å². The summed E-state index contributed by atoms with van der Waals surface area (Å²) in [6, 6.07) is 0.746. The maximum atomic E-state index is 5.53. The Morgan fingerprint density at radius 1 is 1.00 bits per heavy atom. The maximum absolute atomic E-state index is 5.53. The van der Waals surface area contributed by atoms with Gasteiger partial charge in [-0.1, -0.05) is 0 Å². The molecule has 4 nitrogen and oxygen atoms in total. The summed E-state index contributed by atoms with van der Waals surface area (Å²) in [5, 5.41) is 0. The first-order chi connectivity index (χ1) is 9.81. The summed E-state index contributed by atoms with van der Waals surface area (Å²) in [6.45, 7) is 9.58. The zero-order chi connectivity index (χ0) is 13.8. The third-order valence-corrected chi connectivity index (χ3v) is 5.93. The molecule has 3 rings (SSSR count). The van der Waals surface area contributed by atoms with E-state index in [0.29, 0.717) is 5.41 Å². The first-order valence-corrected chi connectivity index (χ1v) is 8.67. The van der Waals surface area contributed by atoms with E-state index in [1.807, 2.05) is 0 Å². The van der Waals surface area contributed by atoms with Crippen molar-refractivity contribution in [2.45, 2.75) is 25.3 Å². The summed E-state index contributed by atoms with van der Waals surface area (Å²) >= 11 is 4.64. The molecule has 0 aliphatic carbocycles. The van der Waals surface area contributed by atoms with Gasteiger partial charge in [0.1, 0.15) is 0 Å². The Bertz CT molecular complexity index is 304. The van der Waals surface area contributed by atoms with Crippen LogP contribution in [0.5, 0.6) is 0 Å². The van der Waals surface area contributed by atoms with E-state index in [4.69, 9.17) is 9.47 Å². The molecule has 0 saturated carbocycles. The highest BCUT2D eigenvalue weighted by Crippen LogP contribution is 2.34. The molecule has 0 aromatic heterocycles. The van der Waals surface area contributed by atoms with Gasteiger partial charge in [0.25, 0.3) is 0 Å². The smallest absolute Gasteiger partial charge is 0.0594 e. The molecule has 5 heteroatoms. The SMILES string of the molecule is SCC1(CN2CCC(N3CCOCC3)C2)CCOCC1. The quantitative estimate of drug-likeness (QED) is 0.787. The molecule has 0 spiro atoms. The Morgan fingerprint density at radius 2 is 1.70 bits per heavy atom. The number of hydrogen-bond donors (Lipinski definition) is 1. The van der Waals surface area contributed by atoms with Gasteiger partial charge in [0.05, 0.1) is 13.2 Å². The Kier molecular flexibility index (Phi) is 5.26. The van der Waals surface area contributed by atoms with Gasteiger partial charge in [0.2, 0.25) is 0 Å². The molecule has 3 aliphatic rings. The summed E-state index contributed by atoms with van der Waals surface area (Å²) in [5.74, 6) is 0.995. The largest absolute Gasteiger partial charge is 0.381 e. The van der Waals surface area contributed by atoms with E-state index in [2.05, 4.69) is 22.4 Å². The van der Waals surface area contributed by atoms with Gasteiger partial charge in [-0.2, -0.15) is 12.6 Å². The zero-order valence-electron chi connectivity index (χ0n) is 12.4. The summed E-state index contributed by atoms with van der Waals surface area (Å²) < 4.78 is 11.0. The molecule has 0 aromatic carbocycles. The highest BCUT2D eigenvalue weighted by molar-refractivity contribution is 7.80. The van der Waals surface area contributed by atoms with Crippen LogP contribution in [-0.4, -0.2) is 80.7 Å². The van der Waals surface area contributed by atoms with Crippen LogP contribution >= 0.6 is 12.6 Å². The highest BCUT2D eigenvalue weighted by Gasteiger charge is 2.36. The van der Waals surface area contributed by atoms with Crippen molar-refractivity contribution in [1.29, 1.82) is 0 Å². The monoisotopic (exact) mass is 300 g/mol. The standard InChI is InChI=1S/C15H28N2O2S/c20-13-15(2-7-18-8-3-15)12-16-4-1-14(11-16)17-5-9-19-10-6-17/h14,20H,1-13H2. The van der Waals surface area contributed by atoms with Crippen molar-refractivity contribution in [3.63, 3.8) is 0 Å². The van der Waals surface area contributed by atoms with Crippen LogP contribution in [0.2, 0.25) is 0 Å². The molecule has 116 valence electrons. The predicted octanol–water partition coefficient (Wildman–Crippen LogP) is 1.12. The van der Waals surface area contributed by atoms with Gasteiger partial charge in [-0.3, -0.25) is 4.90 Å². The van der Waals surface area contributed by atoms with Crippen LogP contribution in [-0.2, 0) is 9.47 Å². The molecule has 0 amide bonds. The molecule has 3 saturated heterocycles. The lowest BCUT2D eigenvalue weighted by molar-refractivity contribution is 0.00462. The van der Waals surface area contributed by atoms with Gasteiger partial charge in [0.15, 0.2) is 0 Å². The lowest BCUT2D eigenvalue weighted by Gasteiger charge is -2.39. The van der Waals surface area contributed by atoms with E-state index < -0.39 is 0 Å². The molecule has 3 fully saturated rings. The molecule has 0 N–H and O–H groups in total. The van der Waals surface area contributed by atoms with Crippen LogP contribution in [0.4, 0.5) is 0 Å². The average molecular weight is 300 g/mol. The van der Waals surface area contributed by atoms with Gasteiger partial charge in [-0.15, -0.1) is 0 Å². The number of likely N-dealkylation sites (tertiary alicyclic amines) is 1. The van der Waals surface area contributed by atoms with Gasteiger partial charge in [0, 0.05) is 45.4 Å². The summed E-state index contributed by atoms with van der Waals surface area (Å²) in [4.78, 5) is 5.29. The number of rotatable bonds is 4. The number of hydrogen-bond acceptors (Lipinski definition) is 5. The minimum Gasteiger partial charge on any atom is -0.381 e. The Balaban J connectivity index is 1.51. The lowest BCUT2D eigenvalue weighted by atomic mass is 9.81. The van der Waals surface area contributed by atoms with E-state index in [-0.39, 0.29) is 0 Å². The summed E-state index contributed by atoms with van der Waals surface area (Å²) in [5.41, 5.74) is 0.390. The number of ether oxygens (including phenoxy) is 2. The fraction of sp³-hybridized carbons (Fsp3) is 1.00. The molecule has 0 aromatic rings. The van der Waals surface area contributed by atoms with Gasteiger partial charge in [-0.25, -0.2) is 0 Å². The van der Waals surface area contributed by atoms with Crippen LogP contribution in [0.25, 0.3) is 0 Å². The van der Waals surface area contributed by atoms with Crippen LogP contribution < -0.4 is 0 Å². The molecular weight excluding hydrogens is 272 g/mol. The molecular formula is C15H28N2O2S. The second-order valence-electron chi connectivity index (χ2n) is 6.60. The molecule has 0 bridgehead atoms. The van der Waals surface area contributed by atoms with Crippen molar-refractivity contribution in [2.75, 3.05) is 64.9 Å². The first kappa shape index (κ1) is 15.1. The molecule has 3 aliphatic heterocycles. The third kappa shape index (κ3) is 3.50. The van der Waals surface area contributed by atoms with E-state index in [9.17, 15) is 0 Å². The van der Waals surface area contributed by atoms with Gasteiger partial charge < -0.3 is 14.4 Å². The number of thiol groups is 1. The lowest BCUT2D eigenvalue weighted by Crippen LogP contribution is -2.46. The number of nitrogens with zero attached hydrogens (tertiary/aromatic N) is 2. The van der Waals surface area contributed by atoms with Crippen LogP contribution in [0, 0.1) is 5.41 Å². The topological polar surface area (TPSA) is 24.9 Å². The highest BCUT2D eigenvalue weighted by atomic mass is 32.1. The van der Waals surface area contributed by atoms with Crippen molar-refractivity contribution in [3.8, 4) is 0 Å². The Morgan fingerprint density at radius 3 is 2.40 bits per heavy atom. The molecule has 1 atom stereocenters. The minimum atomic E-state index is 0.390. The predicted molar refractivity (Wildman–Crippen MR) is 83.6 cm³/mol. The summed E-state index contributed by atoms with van der Waals surface area (Å²) in [7, 11) is 0. The Labute approximate surface area is 128 Å². The third-order valence-electron chi connectivity index (χ3n) is 5.26. The van der Waals surface area contributed by atoms with E-state index in [1.54, 1.807) is 0 Å². The normalized spacial score (nSPS) is 32.5. The molecule has 3 heterocycles. The fourth-order valence-corrected chi connectivity index (χ4v) is 4.26. The fourth-order valence-electron chi connectivity index (χ4n) is 3.84. The maximum Gasteiger partial charge on any atom is 0.0594 e. The average Bonchev–Trinajstić information content (AvgIpc) is 2.97. The second-order valence-corrected chi connectivity index (χ2v) is 6.91. The molecule has 0 radical (unpaired) electrons. The van der Waals surface area contributed by atoms with Crippen LogP contribution in [0.15, 0.2) is 0 Å². The minimum absolute atomic E-state index is 0.390. The molecule has 20 heavy (non-hydrogen) atoms. The van der Waals surface area contributed by atoms with Crippen molar-refractivity contribution in [2.24, 2.45) is 5.41 Å². The summed E-state index contributed by atoms with van der Waals surface area (Å²) in [6.07, 6.45) is 3.67. The number of morpholine rings is 1. The van der Waals surface area contributed by atoms with Crippen molar-refractivity contribution < 1.29 is 9.47 Å². The van der Waals surface area contributed by atoms with Crippen molar-refractivity contribution >= 4 is 12.6 Å². The molecule has 1 unspecified atom stereocenters. The van der Waals surface area contributed by atoms with Crippen LogP contribution in [0.3, 0.4) is 0 Å². The Hall–Kier alpha value is 0.190. The second kappa shape index (κ2) is 6.97. The van der Waals surface area contributed by atoms with Crippen LogP contribution in [0.1, 0.15) is 19.3 Å². The van der Waals surface area contributed by atoms with E-state index >= 15 is 0 Å². The zero-order valence-corrected chi connectivity index (χ0v) is 13.3. The van der Waals surface area contributed by atoms with Crippen molar-refractivity contribution in [3.05, 3.63) is 0 Å². The van der Waals surface area contributed by atoms with E-state index in [1.165, 1.54) is 38.9 Å². The van der Waals surface area contributed by atoms with Gasteiger partial charge >= 0.3 is 0 Å².